The first-order chi connectivity index (χ1) is 9.65. The van der Waals surface area contributed by atoms with Gasteiger partial charge in [0, 0.05) is 29.8 Å². The number of benzene rings is 1. The maximum atomic E-state index is 10.6. The molecule has 3 rings (SSSR count). The first-order valence-electron chi connectivity index (χ1n) is 5.59. The van der Waals surface area contributed by atoms with Gasteiger partial charge in [0.15, 0.2) is 0 Å². The van der Waals surface area contributed by atoms with Crippen LogP contribution in [0.1, 0.15) is 0 Å². The summed E-state index contributed by atoms with van der Waals surface area (Å²) in [5.41, 5.74) is 1.08. The quantitative estimate of drug-likeness (QED) is 0.590. The molecule has 100 valence electrons. The van der Waals surface area contributed by atoms with Crippen molar-refractivity contribution in [2.75, 3.05) is 0 Å². The second kappa shape index (κ2) is 4.74. The van der Waals surface area contributed by atoms with Crippen LogP contribution < -0.4 is 0 Å². The van der Waals surface area contributed by atoms with Crippen molar-refractivity contribution in [2.24, 2.45) is 0 Å². The van der Waals surface area contributed by atoms with Gasteiger partial charge in [-0.15, -0.1) is 11.3 Å². The summed E-state index contributed by atoms with van der Waals surface area (Å²) in [7, 11) is 0. The molecule has 0 aliphatic carbocycles. The molecular weight excluding hydrogens is 280 g/mol. The fourth-order valence-electron chi connectivity index (χ4n) is 1.73. The van der Waals surface area contributed by atoms with Crippen LogP contribution >= 0.6 is 11.3 Å². The number of thiazole rings is 1. The van der Waals surface area contributed by atoms with E-state index in [1.807, 2.05) is 5.38 Å². The monoisotopic (exact) mass is 288 g/mol. The Hall–Kier alpha value is -2.74. The molecule has 2 aromatic heterocycles. The van der Waals surface area contributed by atoms with Crippen LogP contribution in [0.5, 0.6) is 5.88 Å². The van der Waals surface area contributed by atoms with Crippen molar-refractivity contribution >= 4 is 17.0 Å². The largest absolute Gasteiger partial charge is 0.493 e. The Morgan fingerprint density at radius 1 is 1.30 bits per heavy atom. The highest BCUT2D eigenvalue weighted by Gasteiger charge is 2.13. The summed E-state index contributed by atoms with van der Waals surface area (Å²) >= 11 is 1.41. The minimum atomic E-state index is -0.478. The zero-order chi connectivity index (χ0) is 14.1. The Morgan fingerprint density at radius 2 is 2.05 bits per heavy atom. The van der Waals surface area contributed by atoms with E-state index in [1.165, 1.54) is 46.4 Å². The number of hydrogen-bond acceptors (Lipinski definition) is 6. The number of hydrogen-bond donors (Lipinski definition) is 1. The SMILES string of the molecule is O=[N+]([O-])c1ccc(-n2nc(-c3nccs3)cc2O)cc1. The predicted octanol–water partition coefficient (Wildman–Crippen LogP) is 2.61. The van der Waals surface area contributed by atoms with Gasteiger partial charge in [0.25, 0.3) is 5.69 Å². The van der Waals surface area contributed by atoms with Crippen LogP contribution in [0.25, 0.3) is 16.4 Å². The van der Waals surface area contributed by atoms with Gasteiger partial charge in [0.2, 0.25) is 5.88 Å². The molecule has 3 aromatic rings. The summed E-state index contributed by atoms with van der Waals surface area (Å²) in [6.07, 6.45) is 1.65. The van der Waals surface area contributed by atoms with Crippen LogP contribution in [0.15, 0.2) is 41.9 Å². The molecule has 0 aliphatic heterocycles. The number of nitro benzene ring substituents is 1. The van der Waals surface area contributed by atoms with Crippen LogP contribution in [-0.2, 0) is 0 Å². The van der Waals surface area contributed by atoms with Gasteiger partial charge in [-0.2, -0.15) is 5.10 Å². The van der Waals surface area contributed by atoms with Gasteiger partial charge in [-0.05, 0) is 12.1 Å². The topological polar surface area (TPSA) is 94.1 Å². The number of aromatic nitrogens is 3. The van der Waals surface area contributed by atoms with E-state index in [0.717, 1.165) is 0 Å². The number of rotatable bonds is 3. The molecule has 1 N–H and O–H groups in total. The first kappa shape index (κ1) is 12.3. The van der Waals surface area contributed by atoms with E-state index >= 15 is 0 Å². The van der Waals surface area contributed by atoms with E-state index in [-0.39, 0.29) is 11.6 Å². The molecule has 0 saturated carbocycles. The minimum absolute atomic E-state index is 0.0134. The number of aromatic hydroxyl groups is 1. The fraction of sp³-hybridized carbons (Fsp3) is 0. The number of nitro groups is 1. The molecule has 20 heavy (non-hydrogen) atoms. The lowest BCUT2D eigenvalue weighted by molar-refractivity contribution is -0.384. The maximum Gasteiger partial charge on any atom is 0.269 e. The molecule has 0 bridgehead atoms. The first-order valence-corrected chi connectivity index (χ1v) is 6.47. The molecule has 0 amide bonds. The third-order valence-corrected chi connectivity index (χ3v) is 3.44. The lowest BCUT2D eigenvalue weighted by Gasteiger charge is -2.01. The molecule has 0 atom stereocenters. The van der Waals surface area contributed by atoms with Gasteiger partial charge in [0.1, 0.15) is 10.7 Å². The molecule has 0 radical (unpaired) electrons. The molecule has 0 saturated heterocycles. The van der Waals surface area contributed by atoms with Gasteiger partial charge >= 0.3 is 0 Å². The van der Waals surface area contributed by atoms with Gasteiger partial charge < -0.3 is 5.11 Å². The molecule has 0 aliphatic rings. The van der Waals surface area contributed by atoms with Crippen molar-refractivity contribution in [3.63, 3.8) is 0 Å². The standard InChI is InChI=1S/C12H8N4O3S/c17-11-7-10(12-13-5-6-20-12)14-15(11)8-1-3-9(4-2-8)16(18)19/h1-7,17H. The summed E-state index contributed by atoms with van der Waals surface area (Å²) in [6, 6.07) is 7.27. The van der Waals surface area contributed by atoms with Crippen molar-refractivity contribution in [3.8, 4) is 22.3 Å². The summed E-state index contributed by atoms with van der Waals surface area (Å²) < 4.78 is 1.31. The van der Waals surface area contributed by atoms with E-state index < -0.39 is 4.92 Å². The van der Waals surface area contributed by atoms with Crippen LogP contribution in [0.2, 0.25) is 0 Å². The molecule has 0 fully saturated rings. The van der Waals surface area contributed by atoms with Gasteiger partial charge in [-0.1, -0.05) is 0 Å². The third kappa shape index (κ3) is 2.12. The van der Waals surface area contributed by atoms with Crippen molar-refractivity contribution in [2.45, 2.75) is 0 Å². The summed E-state index contributed by atoms with van der Waals surface area (Å²) in [6.45, 7) is 0. The van der Waals surface area contributed by atoms with Crippen LogP contribution in [0.3, 0.4) is 0 Å². The molecular formula is C12H8N4O3S. The molecule has 0 unspecified atom stereocenters. The Morgan fingerprint density at radius 3 is 2.65 bits per heavy atom. The third-order valence-electron chi connectivity index (χ3n) is 2.65. The summed E-state index contributed by atoms with van der Waals surface area (Å²) in [5, 5.41) is 27.3. The van der Waals surface area contributed by atoms with E-state index in [9.17, 15) is 15.2 Å². The van der Waals surface area contributed by atoms with Crippen molar-refractivity contribution in [1.29, 1.82) is 0 Å². The maximum absolute atomic E-state index is 10.6. The molecule has 0 spiro atoms. The van der Waals surface area contributed by atoms with E-state index in [0.29, 0.717) is 16.4 Å². The number of non-ortho nitro benzene ring substituents is 1. The summed E-state index contributed by atoms with van der Waals surface area (Å²) in [5.74, 6) is -0.0518. The Balaban J connectivity index is 2.00. The van der Waals surface area contributed by atoms with Crippen LogP contribution in [0.4, 0.5) is 5.69 Å². The fourth-order valence-corrected chi connectivity index (χ4v) is 2.32. The highest BCUT2D eigenvalue weighted by molar-refractivity contribution is 7.13. The van der Waals surface area contributed by atoms with Crippen LogP contribution in [-0.4, -0.2) is 24.8 Å². The predicted molar refractivity (Wildman–Crippen MR) is 73.0 cm³/mol. The Kier molecular flexibility index (Phi) is 2.92. The van der Waals surface area contributed by atoms with Crippen LogP contribution in [0, 0.1) is 10.1 Å². The van der Waals surface area contributed by atoms with E-state index in [2.05, 4.69) is 10.1 Å². The molecule has 7 nitrogen and oxygen atoms in total. The molecule has 8 heteroatoms. The van der Waals surface area contributed by atoms with E-state index in [4.69, 9.17) is 0 Å². The lowest BCUT2D eigenvalue weighted by Crippen LogP contribution is -1.96. The van der Waals surface area contributed by atoms with Crippen molar-refractivity contribution in [1.82, 2.24) is 14.8 Å². The van der Waals surface area contributed by atoms with Gasteiger partial charge in [-0.25, -0.2) is 9.67 Å². The number of nitrogens with zero attached hydrogens (tertiary/aromatic N) is 4. The zero-order valence-electron chi connectivity index (χ0n) is 10.0. The average molecular weight is 288 g/mol. The average Bonchev–Trinajstić information content (AvgIpc) is 3.08. The van der Waals surface area contributed by atoms with Gasteiger partial charge in [0.05, 0.1) is 10.6 Å². The molecule has 2 heterocycles. The normalized spacial score (nSPS) is 10.6. The highest BCUT2D eigenvalue weighted by Crippen LogP contribution is 2.27. The summed E-state index contributed by atoms with van der Waals surface area (Å²) in [4.78, 5) is 14.2. The Labute approximate surface area is 116 Å². The Bertz CT molecular complexity index is 750. The smallest absolute Gasteiger partial charge is 0.269 e. The van der Waals surface area contributed by atoms with E-state index in [1.54, 1.807) is 6.20 Å². The minimum Gasteiger partial charge on any atom is -0.493 e. The lowest BCUT2D eigenvalue weighted by atomic mass is 10.3. The van der Waals surface area contributed by atoms with Crippen molar-refractivity contribution in [3.05, 3.63) is 52.0 Å². The zero-order valence-corrected chi connectivity index (χ0v) is 10.8. The van der Waals surface area contributed by atoms with Crippen molar-refractivity contribution < 1.29 is 10.0 Å². The second-order valence-corrected chi connectivity index (χ2v) is 4.80. The highest BCUT2D eigenvalue weighted by atomic mass is 32.1. The second-order valence-electron chi connectivity index (χ2n) is 3.91. The molecule has 1 aromatic carbocycles. The van der Waals surface area contributed by atoms with Gasteiger partial charge in [-0.3, -0.25) is 10.1 Å².